The topological polar surface area (TPSA) is 121 Å². The Balaban J connectivity index is 1.37. The third kappa shape index (κ3) is 5.18. The number of rotatable bonds is 8. The number of aromatic nitrogens is 2. The lowest BCUT2D eigenvalue weighted by Crippen LogP contribution is -2.15. The zero-order chi connectivity index (χ0) is 24.8. The first-order chi connectivity index (χ1) is 16.6. The van der Waals surface area contributed by atoms with Crippen molar-refractivity contribution in [2.75, 3.05) is 21.5 Å². The van der Waals surface area contributed by atoms with Gasteiger partial charge in [0.15, 0.2) is 0 Å². The first-order valence-corrected chi connectivity index (χ1v) is 14.8. The van der Waals surface area contributed by atoms with Crippen LogP contribution in [0, 0.1) is 0 Å². The SMILES string of the molecule is CCS(=O)(=O)Nc1ccccc1-c1ccc2nc(C3CC3c3ccc(NS(C)(=O)=O)cc3)[nH]c2c1. The quantitative estimate of drug-likeness (QED) is 0.319. The standard InChI is InChI=1S/C25H26N4O4S2/c1-3-35(32,33)29-22-7-5-4-6-19(22)17-10-13-23-24(14-17)27-25(26-23)21-15-20(21)16-8-11-18(12-9-16)28-34(2,30)31/h4-14,20-21,28-29H,3,15H2,1-2H3,(H,26,27). The summed E-state index contributed by atoms with van der Waals surface area (Å²) < 4.78 is 52.2. The first kappa shape index (κ1) is 23.4. The van der Waals surface area contributed by atoms with Crippen molar-refractivity contribution in [2.24, 2.45) is 0 Å². The molecule has 35 heavy (non-hydrogen) atoms. The van der Waals surface area contributed by atoms with Crippen molar-refractivity contribution in [3.8, 4) is 11.1 Å². The Morgan fingerprint density at radius 1 is 0.943 bits per heavy atom. The molecule has 4 aromatic rings. The summed E-state index contributed by atoms with van der Waals surface area (Å²) in [7, 11) is -6.69. The minimum atomic E-state index is -3.39. The molecule has 182 valence electrons. The molecule has 0 radical (unpaired) electrons. The maximum atomic E-state index is 12.1. The van der Waals surface area contributed by atoms with Crippen LogP contribution in [-0.4, -0.2) is 38.8 Å². The molecule has 0 spiro atoms. The second-order valence-corrected chi connectivity index (χ2v) is 12.6. The van der Waals surface area contributed by atoms with Crippen molar-refractivity contribution >= 4 is 42.5 Å². The Kier molecular flexibility index (Phi) is 5.80. The van der Waals surface area contributed by atoms with Gasteiger partial charge < -0.3 is 4.98 Å². The summed E-state index contributed by atoms with van der Waals surface area (Å²) >= 11 is 0. The van der Waals surface area contributed by atoms with Crippen LogP contribution in [0.5, 0.6) is 0 Å². The van der Waals surface area contributed by atoms with Gasteiger partial charge in [0.1, 0.15) is 5.82 Å². The molecule has 1 saturated carbocycles. The lowest BCUT2D eigenvalue weighted by Gasteiger charge is -2.12. The summed E-state index contributed by atoms with van der Waals surface area (Å²) in [6.45, 7) is 1.61. The molecule has 3 aromatic carbocycles. The molecule has 1 aliphatic rings. The van der Waals surface area contributed by atoms with Crippen LogP contribution in [0.25, 0.3) is 22.2 Å². The largest absolute Gasteiger partial charge is 0.342 e. The molecule has 3 N–H and O–H groups in total. The van der Waals surface area contributed by atoms with Gasteiger partial charge in [-0.15, -0.1) is 0 Å². The summed E-state index contributed by atoms with van der Waals surface area (Å²) in [5, 5.41) is 0. The van der Waals surface area contributed by atoms with E-state index in [0.29, 0.717) is 17.3 Å². The lowest BCUT2D eigenvalue weighted by atomic mass is 10.0. The third-order valence-corrected chi connectivity index (χ3v) is 8.06. The van der Waals surface area contributed by atoms with Crippen molar-refractivity contribution < 1.29 is 16.8 Å². The van der Waals surface area contributed by atoms with E-state index >= 15 is 0 Å². The van der Waals surface area contributed by atoms with Gasteiger partial charge in [0.25, 0.3) is 0 Å². The van der Waals surface area contributed by atoms with Crippen molar-refractivity contribution in [3.63, 3.8) is 0 Å². The van der Waals surface area contributed by atoms with E-state index in [1.165, 1.54) is 0 Å². The van der Waals surface area contributed by atoms with Gasteiger partial charge in [-0.05, 0) is 60.7 Å². The van der Waals surface area contributed by atoms with Crippen LogP contribution in [0.15, 0.2) is 66.7 Å². The van der Waals surface area contributed by atoms with Crippen molar-refractivity contribution in [1.29, 1.82) is 0 Å². The summed E-state index contributed by atoms with van der Waals surface area (Å²) in [6, 6.07) is 20.7. The Labute approximate surface area is 204 Å². The number of fused-ring (bicyclic) bond motifs is 1. The van der Waals surface area contributed by atoms with Crippen molar-refractivity contribution in [2.45, 2.75) is 25.2 Å². The highest BCUT2D eigenvalue weighted by Crippen LogP contribution is 2.54. The van der Waals surface area contributed by atoms with Crippen LogP contribution < -0.4 is 9.44 Å². The minimum absolute atomic E-state index is 0.00375. The number of aromatic amines is 1. The molecule has 0 saturated heterocycles. The number of nitrogens with one attached hydrogen (secondary N) is 3. The van der Waals surface area contributed by atoms with Gasteiger partial charge in [-0.25, -0.2) is 21.8 Å². The minimum Gasteiger partial charge on any atom is -0.342 e. The van der Waals surface area contributed by atoms with Gasteiger partial charge in [-0.2, -0.15) is 0 Å². The van der Waals surface area contributed by atoms with Gasteiger partial charge >= 0.3 is 0 Å². The molecule has 2 atom stereocenters. The van der Waals surface area contributed by atoms with E-state index in [4.69, 9.17) is 4.98 Å². The van der Waals surface area contributed by atoms with Crippen LogP contribution in [0.4, 0.5) is 11.4 Å². The average molecular weight is 511 g/mol. The number of imidazole rings is 1. The van der Waals surface area contributed by atoms with Crippen LogP contribution in [0.3, 0.4) is 0 Å². The molecule has 10 heteroatoms. The fourth-order valence-corrected chi connectivity index (χ4v) is 5.54. The van der Waals surface area contributed by atoms with Crippen LogP contribution in [0.2, 0.25) is 0 Å². The van der Waals surface area contributed by atoms with Gasteiger partial charge in [-0.1, -0.05) is 36.4 Å². The lowest BCUT2D eigenvalue weighted by molar-refractivity contribution is 0.601. The van der Waals surface area contributed by atoms with Gasteiger partial charge in [-0.3, -0.25) is 9.44 Å². The number of nitrogens with zero attached hydrogens (tertiary/aromatic N) is 1. The summed E-state index contributed by atoms with van der Waals surface area (Å²) in [6.07, 6.45) is 2.10. The summed E-state index contributed by atoms with van der Waals surface area (Å²) in [5.74, 6) is 1.51. The van der Waals surface area contributed by atoms with E-state index in [1.54, 1.807) is 31.2 Å². The summed E-state index contributed by atoms with van der Waals surface area (Å²) in [4.78, 5) is 8.23. The van der Waals surface area contributed by atoms with Gasteiger partial charge in [0.2, 0.25) is 20.0 Å². The van der Waals surface area contributed by atoms with E-state index < -0.39 is 20.0 Å². The average Bonchev–Trinajstić information content (AvgIpc) is 3.49. The zero-order valence-corrected chi connectivity index (χ0v) is 20.9. The second kappa shape index (κ2) is 8.69. The smallest absolute Gasteiger partial charge is 0.232 e. The molecule has 1 aromatic heterocycles. The van der Waals surface area contributed by atoms with Gasteiger partial charge in [0.05, 0.1) is 28.7 Å². The van der Waals surface area contributed by atoms with Crippen molar-refractivity contribution in [3.05, 3.63) is 78.1 Å². The van der Waals surface area contributed by atoms with Gasteiger partial charge in [0, 0.05) is 17.2 Å². The van der Waals surface area contributed by atoms with Crippen LogP contribution in [-0.2, 0) is 20.0 Å². The number of para-hydroxylation sites is 1. The molecule has 2 unspecified atom stereocenters. The van der Waals surface area contributed by atoms with E-state index in [0.717, 1.165) is 46.2 Å². The molecule has 1 fully saturated rings. The molecule has 5 rings (SSSR count). The molecule has 8 nitrogen and oxygen atoms in total. The number of sulfonamides is 2. The number of hydrogen-bond donors (Lipinski definition) is 3. The molecular weight excluding hydrogens is 484 g/mol. The molecule has 1 aliphatic carbocycles. The predicted octanol–water partition coefficient (Wildman–Crippen LogP) is 4.63. The van der Waals surface area contributed by atoms with E-state index in [-0.39, 0.29) is 11.7 Å². The molecule has 1 heterocycles. The zero-order valence-electron chi connectivity index (χ0n) is 19.3. The molecular formula is C25H26N4O4S2. The van der Waals surface area contributed by atoms with Crippen LogP contribution >= 0.6 is 0 Å². The highest BCUT2D eigenvalue weighted by atomic mass is 32.2. The fraction of sp³-hybridized carbons (Fsp3) is 0.240. The molecule has 0 amide bonds. The maximum absolute atomic E-state index is 12.1. The first-order valence-electron chi connectivity index (χ1n) is 11.3. The monoisotopic (exact) mass is 510 g/mol. The maximum Gasteiger partial charge on any atom is 0.232 e. The van der Waals surface area contributed by atoms with Crippen LogP contribution in [0.1, 0.15) is 36.6 Å². The second-order valence-electron chi connectivity index (χ2n) is 8.85. The number of anilines is 2. The molecule has 0 aliphatic heterocycles. The predicted molar refractivity (Wildman–Crippen MR) is 140 cm³/mol. The Morgan fingerprint density at radius 3 is 2.40 bits per heavy atom. The van der Waals surface area contributed by atoms with Crippen molar-refractivity contribution in [1.82, 2.24) is 9.97 Å². The number of hydrogen-bond acceptors (Lipinski definition) is 5. The Hall–Kier alpha value is -3.37. The normalized spacial score (nSPS) is 17.9. The Morgan fingerprint density at radius 2 is 1.69 bits per heavy atom. The third-order valence-electron chi connectivity index (χ3n) is 6.17. The van der Waals surface area contributed by atoms with E-state index in [1.807, 2.05) is 42.5 Å². The fourth-order valence-electron chi connectivity index (χ4n) is 4.31. The number of benzene rings is 3. The molecule has 0 bridgehead atoms. The van der Waals surface area contributed by atoms with E-state index in [2.05, 4.69) is 14.4 Å². The highest BCUT2D eigenvalue weighted by Gasteiger charge is 2.41. The Bertz CT molecular complexity index is 1610. The van der Waals surface area contributed by atoms with E-state index in [9.17, 15) is 16.8 Å². The number of H-pyrrole nitrogens is 1. The highest BCUT2D eigenvalue weighted by molar-refractivity contribution is 7.92. The summed E-state index contributed by atoms with van der Waals surface area (Å²) in [5.41, 5.74) is 5.68.